The van der Waals surface area contributed by atoms with Gasteiger partial charge in [-0.2, -0.15) is 0 Å². The molecule has 0 aromatic heterocycles. The molecule has 0 atom stereocenters. The molecule has 0 aliphatic carbocycles. The van der Waals surface area contributed by atoms with Crippen LogP contribution in [0.4, 0.5) is 0 Å². The lowest BCUT2D eigenvalue weighted by Gasteiger charge is -1.97. The van der Waals surface area contributed by atoms with Crippen molar-refractivity contribution >= 4 is 6.21 Å². The zero-order valence-electron chi connectivity index (χ0n) is 8.43. The Morgan fingerprint density at radius 2 is 2.08 bits per heavy atom. The molecule has 0 aliphatic heterocycles. The Morgan fingerprint density at radius 3 is 2.50 bits per heavy atom. The molecule has 0 amide bonds. The summed E-state index contributed by atoms with van der Waals surface area (Å²) < 4.78 is 0. The topological polar surface area (TPSA) is 12.4 Å². The molecule has 0 aromatic rings. The smallest absolute Gasteiger partial charge is 0.0301 e. The maximum Gasteiger partial charge on any atom is 0.0301 e. The summed E-state index contributed by atoms with van der Waals surface area (Å²) in [5, 5.41) is 0. The van der Waals surface area contributed by atoms with E-state index < -0.39 is 0 Å². The molecule has 0 radical (unpaired) electrons. The average molecular weight is 165 g/mol. The Hall–Kier alpha value is -0.850. The predicted molar refractivity (Wildman–Crippen MR) is 56.6 cm³/mol. The quantitative estimate of drug-likeness (QED) is 0.550. The third kappa shape index (κ3) is 5.90. The third-order valence-corrected chi connectivity index (χ3v) is 1.46. The Balaban J connectivity index is 4.12. The van der Waals surface area contributed by atoms with E-state index in [0.717, 1.165) is 18.5 Å². The molecule has 0 heterocycles. The fourth-order valence-electron chi connectivity index (χ4n) is 0.963. The highest BCUT2D eigenvalue weighted by molar-refractivity contribution is 5.79. The summed E-state index contributed by atoms with van der Waals surface area (Å²) in [6.07, 6.45) is 7.52. The molecule has 0 bridgehead atoms. The van der Waals surface area contributed by atoms with Crippen molar-refractivity contribution in [2.75, 3.05) is 0 Å². The van der Waals surface area contributed by atoms with E-state index >= 15 is 0 Å². The van der Waals surface area contributed by atoms with Crippen molar-refractivity contribution < 1.29 is 0 Å². The molecule has 0 fully saturated rings. The van der Waals surface area contributed by atoms with Gasteiger partial charge in [-0.05, 0) is 25.3 Å². The van der Waals surface area contributed by atoms with Gasteiger partial charge in [0.25, 0.3) is 0 Å². The van der Waals surface area contributed by atoms with Crippen molar-refractivity contribution in [3.63, 3.8) is 0 Å². The van der Waals surface area contributed by atoms with Crippen molar-refractivity contribution in [3.8, 4) is 0 Å². The molecular weight excluding hydrogens is 146 g/mol. The van der Waals surface area contributed by atoms with E-state index in [1.165, 1.54) is 12.0 Å². The summed E-state index contributed by atoms with van der Waals surface area (Å²) in [5.74, 6) is 0. The van der Waals surface area contributed by atoms with E-state index in [4.69, 9.17) is 0 Å². The van der Waals surface area contributed by atoms with E-state index in [-0.39, 0.29) is 0 Å². The predicted octanol–water partition coefficient (Wildman–Crippen LogP) is 3.73. The first-order valence-electron chi connectivity index (χ1n) is 4.59. The molecule has 0 unspecified atom stereocenters. The Kier molecular flexibility index (Phi) is 6.35. The Morgan fingerprint density at radius 1 is 1.42 bits per heavy atom. The van der Waals surface area contributed by atoms with E-state index in [9.17, 15) is 0 Å². The number of hydrogen-bond acceptors (Lipinski definition) is 1. The monoisotopic (exact) mass is 165 g/mol. The molecule has 68 valence electrons. The minimum atomic E-state index is 0.869. The summed E-state index contributed by atoms with van der Waals surface area (Å²) in [5.41, 5.74) is 2.19. The number of aliphatic imine (C=N–C) groups is 1. The van der Waals surface area contributed by atoms with Gasteiger partial charge in [0.15, 0.2) is 0 Å². The molecular formula is C11H19N. The summed E-state index contributed by atoms with van der Waals surface area (Å²) >= 11 is 0. The summed E-state index contributed by atoms with van der Waals surface area (Å²) in [4.78, 5) is 4.17. The van der Waals surface area contributed by atoms with Crippen LogP contribution in [-0.4, -0.2) is 6.21 Å². The van der Waals surface area contributed by atoms with Crippen LogP contribution < -0.4 is 0 Å². The average Bonchev–Trinajstić information content (AvgIpc) is 2.01. The van der Waals surface area contributed by atoms with Crippen molar-refractivity contribution in [1.29, 1.82) is 0 Å². The van der Waals surface area contributed by atoms with Crippen LogP contribution >= 0.6 is 0 Å². The van der Waals surface area contributed by atoms with Crippen LogP contribution in [0.1, 0.15) is 40.0 Å². The lowest BCUT2D eigenvalue weighted by molar-refractivity contribution is 0.930. The molecule has 0 aliphatic rings. The SMILES string of the molecule is C=C(C)N=C/C(=C\CC)CCC. The Labute approximate surface area is 75.9 Å². The lowest BCUT2D eigenvalue weighted by atomic mass is 10.1. The van der Waals surface area contributed by atoms with Gasteiger partial charge >= 0.3 is 0 Å². The van der Waals surface area contributed by atoms with E-state index in [1.54, 1.807) is 0 Å². The number of nitrogens with zero attached hydrogens (tertiary/aromatic N) is 1. The number of rotatable bonds is 5. The normalized spacial score (nSPS) is 12.4. The molecule has 12 heavy (non-hydrogen) atoms. The van der Waals surface area contributed by atoms with E-state index in [0.29, 0.717) is 0 Å². The first-order valence-corrected chi connectivity index (χ1v) is 4.59. The maximum absolute atomic E-state index is 4.17. The van der Waals surface area contributed by atoms with E-state index in [2.05, 4.69) is 31.5 Å². The van der Waals surface area contributed by atoms with Crippen LogP contribution in [-0.2, 0) is 0 Å². The highest BCUT2D eigenvalue weighted by atomic mass is 14.7. The van der Waals surface area contributed by atoms with Gasteiger partial charge in [-0.1, -0.05) is 32.9 Å². The van der Waals surface area contributed by atoms with Crippen molar-refractivity contribution in [1.82, 2.24) is 0 Å². The largest absolute Gasteiger partial charge is 0.262 e. The lowest BCUT2D eigenvalue weighted by Crippen LogP contribution is -1.84. The molecule has 0 N–H and O–H groups in total. The fraction of sp³-hybridized carbons (Fsp3) is 0.545. The van der Waals surface area contributed by atoms with Crippen LogP contribution in [0.3, 0.4) is 0 Å². The molecule has 0 rings (SSSR count). The van der Waals surface area contributed by atoms with Crippen LogP contribution in [0, 0.1) is 0 Å². The second kappa shape index (κ2) is 6.84. The molecule has 1 heteroatoms. The standard InChI is InChI=1S/C11H19N/c1-5-7-11(8-6-2)9-12-10(3)4/h7,9H,3,5-6,8H2,1-2,4H3/b11-7-,12-9?. The Bertz CT molecular complexity index is 187. The van der Waals surface area contributed by atoms with Crippen LogP contribution in [0.5, 0.6) is 0 Å². The summed E-state index contributed by atoms with van der Waals surface area (Å²) in [7, 11) is 0. The minimum absolute atomic E-state index is 0.869. The summed E-state index contributed by atoms with van der Waals surface area (Å²) in [6.45, 7) is 9.95. The van der Waals surface area contributed by atoms with Crippen LogP contribution in [0.15, 0.2) is 28.9 Å². The number of hydrogen-bond donors (Lipinski definition) is 0. The minimum Gasteiger partial charge on any atom is -0.262 e. The van der Waals surface area contributed by atoms with Gasteiger partial charge in [0.2, 0.25) is 0 Å². The van der Waals surface area contributed by atoms with Gasteiger partial charge in [0.05, 0.1) is 0 Å². The maximum atomic E-state index is 4.17. The van der Waals surface area contributed by atoms with Gasteiger partial charge in [-0.25, -0.2) is 0 Å². The fourth-order valence-corrected chi connectivity index (χ4v) is 0.963. The van der Waals surface area contributed by atoms with Crippen molar-refractivity contribution in [3.05, 3.63) is 23.9 Å². The summed E-state index contributed by atoms with van der Waals surface area (Å²) in [6, 6.07) is 0. The number of allylic oxidation sites excluding steroid dienone is 3. The van der Waals surface area contributed by atoms with Crippen molar-refractivity contribution in [2.24, 2.45) is 4.99 Å². The zero-order chi connectivity index (χ0) is 9.40. The van der Waals surface area contributed by atoms with Gasteiger partial charge in [0, 0.05) is 11.9 Å². The molecule has 0 aromatic carbocycles. The van der Waals surface area contributed by atoms with Gasteiger partial charge < -0.3 is 0 Å². The molecule has 0 saturated carbocycles. The third-order valence-electron chi connectivity index (χ3n) is 1.46. The first-order chi connectivity index (χ1) is 5.70. The van der Waals surface area contributed by atoms with Gasteiger partial charge in [0.1, 0.15) is 0 Å². The van der Waals surface area contributed by atoms with E-state index in [1.807, 2.05) is 13.1 Å². The highest BCUT2D eigenvalue weighted by Crippen LogP contribution is 2.04. The van der Waals surface area contributed by atoms with Crippen LogP contribution in [0.25, 0.3) is 0 Å². The molecule has 1 nitrogen and oxygen atoms in total. The molecule has 0 spiro atoms. The second-order valence-electron chi connectivity index (χ2n) is 2.93. The first kappa shape index (κ1) is 11.2. The zero-order valence-corrected chi connectivity index (χ0v) is 8.43. The van der Waals surface area contributed by atoms with Crippen molar-refractivity contribution in [2.45, 2.75) is 40.0 Å². The van der Waals surface area contributed by atoms with Gasteiger partial charge in [-0.3, -0.25) is 4.99 Å². The molecule has 0 saturated heterocycles. The van der Waals surface area contributed by atoms with Crippen LogP contribution in [0.2, 0.25) is 0 Å². The second-order valence-corrected chi connectivity index (χ2v) is 2.93. The highest BCUT2D eigenvalue weighted by Gasteiger charge is 1.89. The van der Waals surface area contributed by atoms with Gasteiger partial charge in [-0.15, -0.1) is 0 Å².